The molecule has 12 nitrogen and oxygen atoms in total. The number of hydrogen-bond acceptors (Lipinski definition) is 12. The smallest absolute Gasteiger partial charge is 0.344 e. The second-order valence-electron chi connectivity index (χ2n) is 8.11. The molecule has 220 valence electrons. The Bertz CT molecular complexity index is 746. The number of Topliss-reactive ketones (excluding diaryl/α,β-unsaturated/α-hetero) is 3. The van der Waals surface area contributed by atoms with Crippen molar-refractivity contribution < 1.29 is 57.2 Å². The summed E-state index contributed by atoms with van der Waals surface area (Å²) in [5.41, 5.74) is 0. The van der Waals surface area contributed by atoms with E-state index in [1.165, 1.54) is 20.8 Å². The maximum Gasteiger partial charge on any atom is 0.344 e. The SMILES string of the molecule is C.C.CC(=O)C1CCCCOC1=O.COCCCCC(C(C)=O)C(=O)OCC(C)=O.O=C1COC(=O)CO1. The van der Waals surface area contributed by atoms with E-state index in [0.717, 1.165) is 19.3 Å². The summed E-state index contributed by atoms with van der Waals surface area (Å²) in [6.45, 7) is 4.47. The quantitative estimate of drug-likeness (QED) is 0.170. The Morgan fingerprint density at radius 2 is 1.47 bits per heavy atom. The van der Waals surface area contributed by atoms with Gasteiger partial charge in [0, 0.05) is 13.7 Å². The first-order valence-electron chi connectivity index (χ1n) is 11.6. The molecule has 2 aliphatic rings. The Labute approximate surface area is 225 Å². The van der Waals surface area contributed by atoms with Gasteiger partial charge in [-0.2, -0.15) is 0 Å². The zero-order valence-corrected chi connectivity index (χ0v) is 21.3. The van der Waals surface area contributed by atoms with Gasteiger partial charge in [0.1, 0.15) is 30.0 Å². The molecule has 0 aromatic rings. The second-order valence-corrected chi connectivity index (χ2v) is 8.11. The van der Waals surface area contributed by atoms with Crippen molar-refractivity contribution in [3.63, 3.8) is 0 Å². The van der Waals surface area contributed by atoms with Gasteiger partial charge >= 0.3 is 23.9 Å². The number of rotatable bonds is 10. The third-order valence-corrected chi connectivity index (χ3v) is 4.89. The van der Waals surface area contributed by atoms with E-state index < -0.39 is 29.7 Å². The highest BCUT2D eigenvalue weighted by Crippen LogP contribution is 2.16. The van der Waals surface area contributed by atoms with Crippen molar-refractivity contribution in [1.29, 1.82) is 0 Å². The highest BCUT2D eigenvalue weighted by Gasteiger charge is 2.26. The van der Waals surface area contributed by atoms with Gasteiger partial charge in [-0.15, -0.1) is 0 Å². The lowest BCUT2D eigenvalue weighted by atomic mass is 9.98. The number of unbranched alkanes of at least 4 members (excludes halogenated alkanes) is 1. The fraction of sp³-hybridized carbons (Fsp3) is 0.731. The molecule has 0 aromatic carbocycles. The molecule has 0 spiro atoms. The van der Waals surface area contributed by atoms with Crippen LogP contribution in [0.3, 0.4) is 0 Å². The summed E-state index contributed by atoms with van der Waals surface area (Å²) in [6.07, 6.45) is 4.41. The molecule has 2 heterocycles. The van der Waals surface area contributed by atoms with Gasteiger partial charge in [0.25, 0.3) is 0 Å². The minimum Gasteiger partial charge on any atom is -0.465 e. The number of esters is 4. The maximum absolute atomic E-state index is 11.5. The summed E-state index contributed by atoms with van der Waals surface area (Å²) in [5, 5.41) is 0. The molecule has 2 saturated heterocycles. The van der Waals surface area contributed by atoms with Crippen LogP contribution in [0.15, 0.2) is 0 Å². The second kappa shape index (κ2) is 23.0. The van der Waals surface area contributed by atoms with Crippen molar-refractivity contribution in [1.82, 2.24) is 0 Å². The van der Waals surface area contributed by atoms with Crippen LogP contribution in [0.25, 0.3) is 0 Å². The van der Waals surface area contributed by atoms with Crippen molar-refractivity contribution in [2.24, 2.45) is 11.8 Å². The largest absolute Gasteiger partial charge is 0.465 e. The molecule has 0 aliphatic carbocycles. The molecule has 0 amide bonds. The van der Waals surface area contributed by atoms with Gasteiger partial charge in [-0.3, -0.25) is 24.0 Å². The summed E-state index contributed by atoms with van der Waals surface area (Å²) < 4.78 is 23.0. The van der Waals surface area contributed by atoms with Gasteiger partial charge in [-0.25, -0.2) is 9.59 Å². The van der Waals surface area contributed by atoms with E-state index in [1.54, 1.807) is 7.11 Å². The Balaban J connectivity index is -0.000000503. The third-order valence-electron chi connectivity index (χ3n) is 4.89. The molecule has 2 fully saturated rings. The first-order chi connectivity index (χ1) is 17.0. The van der Waals surface area contributed by atoms with E-state index in [-0.39, 0.29) is 58.0 Å². The number of carbonyl (C=O) groups is 7. The number of cyclic esters (lactones) is 3. The van der Waals surface area contributed by atoms with Crippen molar-refractivity contribution in [2.45, 2.75) is 74.1 Å². The molecule has 0 saturated carbocycles. The minimum atomic E-state index is -0.758. The Kier molecular flexibility index (Phi) is 23.8. The normalized spacial score (nSPS) is 16.8. The lowest BCUT2D eigenvalue weighted by Crippen LogP contribution is -2.27. The van der Waals surface area contributed by atoms with Gasteiger partial charge in [0.15, 0.2) is 19.0 Å². The number of hydrogen-bond donors (Lipinski definition) is 0. The standard InChI is InChI=1S/C12H20O5.C8H12O3.C4H4O4.2CH4/c1-9(13)8-17-12(15)11(10(2)14)6-4-5-7-16-3;1-6(9)7-4-2-3-5-11-8(7)10;5-3-1-7-4(6)2-8-3;;/h11H,4-8H2,1-3H3;7H,2-5H2,1H3;1-2H2;2*1H4. The Hall–Kier alpha value is -3.15. The van der Waals surface area contributed by atoms with Crippen LogP contribution in [0.1, 0.15) is 74.1 Å². The molecule has 12 heteroatoms. The third kappa shape index (κ3) is 19.0. The summed E-state index contributed by atoms with van der Waals surface area (Å²) >= 11 is 0. The van der Waals surface area contributed by atoms with E-state index >= 15 is 0 Å². The van der Waals surface area contributed by atoms with Crippen molar-refractivity contribution in [3.05, 3.63) is 0 Å². The summed E-state index contributed by atoms with van der Waals surface area (Å²) in [5.74, 6) is -3.69. The van der Waals surface area contributed by atoms with Gasteiger partial charge in [0.05, 0.1) is 6.61 Å². The average Bonchev–Trinajstić information content (AvgIpc) is 3.04. The molecule has 2 unspecified atom stereocenters. The zero-order valence-electron chi connectivity index (χ0n) is 21.3. The highest BCUT2D eigenvalue weighted by molar-refractivity contribution is 5.98. The van der Waals surface area contributed by atoms with Crippen LogP contribution in [0.5, 0.6) is 0 Å². The minimum absolute atomic E-state index is 0. The topological polar surface area (TPSA) is 166 Å². The molecular weight excluding hydrogens is 504 g/mol. The van der Waals surface area contributed by atoms with Crippen molar-refractivity contribution >= 4 is 41.2 Å². The van der Waals surface area contributed by atoms with Gasteiger partial charge in [-0.05, 0) is 59.3 Å². The molecule has 0 N–H and O–H groups in total. The molecular formula is C26H44O12. The van der Waals surface area contributed by atoms with Crippen molar-refractivity contribution in [3.8, 4) is 0 Å². The predicted octanol–water partition coefficient (Wildman–Crippen LogP) is 2.42. The first kappa shape index (κ1) is 39.4. The molecule has 2 rings (SSSR count). The zero-order chi connectivity index (χ0) is 27.5. The monoisotopic (exact) mass is 548 g/mol. The van der Waals surface area contributed by atoms with Crippen LogP contribution in [0.4, 0.5) is 0 Å². The van der Waals surface area contributed by atoms with Gasteiger partial charge in [0.2, 0.25) is 0 Å². The van der Waals surface area contributed by atoms with E-state index in [4.69, 9.17) is 14.2 Å². The molecule has 0 radical (unpaired) electrons. The van der Waals surface area contributed by atoms with Crippen molar-refractivity contribution in [2.75, 3.05) is 40.1 Å². The lowest BCUT2D eigenvalue weighted by Gasteiger charge is -2.12. The fourth-order valence-corrected chi connectivity index (χ4v) is 2.93. The van der Waals surface area contributed by atoms with E-state index in [2.05, 4.69) is 9.47 Å². The number of methoxy groups -OCH3 is 1. The summed E-state index contributed by atoms with van der Waals surface area (Å²) in [7, 11) is 1.60. The van der Waals surface area contributed by atoms with Crippen LogP contribution in [0.2, 0.25) is 0 Å². The lowest BCUT2D eigenvalue weighted by molar-refractivity contribution is -0.174. The molecule has 2 aliphatic heterocycles. The Morgan fingerprint density at radius 3 is 1.92 bits per heavy atom. The molecule has 0 bridgehead atoms. The molecule has 38 heavy (non-hydrogen) atoms. The van der Waals surface area contributed by atoms with Gasteiger partial charge in [-0.1, -0.05) is 14.9 Å². The highest BCUT2D eigenvalue weighted by atomic mass is 16.6. The average molecular weight is 549 g/mol. The summed E-state index contributed by atoms with van der Waals surface area (Å²) in [6, 6.07) is 0. The molecule has 0 aromatic heterocycles. The first-order valence-corrected chi connectivity index (χ1v) is 11.6. The van der Waals surface area contributed by atoms with Gasteiger partial charge < -0.3 is 23.7 Å². The maximum atomic E-state index is 11.5. The van der Waals surface area contributed by atoms with E-state index in [0.29, 0.717) is 32.5 Å². The fourth-order valence-electron chi connectivity index (χ4n) is 2.93. The number of carbonyl (C=O) groups excluding carboxylic acids is 7. The van der Waals surface area contributed by atoms with Crippen LogP contribution in [-0.4, -0.2) is 81.4 Å². The number of ether oxygens (including phenoxy) is 5. The number of ketones is 3. The predicted molar refractivity (Wildman–Crippen MR) is 136 cm³/mol. The van der Waals surface area contributed by atoms with E-state index in [9.17, 15) is 33.6 Å². The van der Waals surface area contributed by atoms with Crippen LogP contribution in [-0.2, 0) is 57.2 Å². The van der Waals surface area contributed by atoms with Crippen LogP contribution < -0.4 is 0 Å². The van der Waals surface area contributed by atoms with Crippen LogP contribution in [0, 0.1) is 11.8 Å². The molecule has 2 atom stereocenters. The summed E-state index contributed by atoms with van der Waals surface area (Å²) in [4.78, 5) is 75.6. The van der Waals surface area contributed by atoms with E-state index in [1.807, 2.05) is 0 Å². The Morgan fingerprint density at radius 1 is 0.895 bits per heavy atom. The van der Waals surface area contributed by atoms with Crippen LogP contribution >= 0.6 is 0 Å².